The quantitative estimate of drug-likeness (QED) is 0.535. The Morgan fingerprint density at radius 2 is 2.07 bits per heavy atom. The van der Waals surface area contributed by atoms with Crippen molar-refractivity contribution in [1.29, 1.82) is 0 Å². The first-order valence-electron chi connectivity index (χ1n) is 8.87. The molecule has 12 heteroatoms. The molecule has 5 N–H and O–H groups in total. The lowest BCUT2D eigenvalue weighted by atomic mass is 9.92. The summed E-state index contributed by atoms with van der Waals surface area (Å²) in [5.74, 6) is -1.43. The average Bonchev–Trinajstić information content (AvgIpc) is 3.30. The second-order valence-corrected chi connectivity index (χ2v) is 11.0. The highest BCUT2D eigenvalue weighted by atomic mass is 32.2. The third kappa shape index (κ3) is 4.50. The molecule has 29 heavy (non-hydrogen) atoms. The number of morpholine rings is 1. The summed E-state index contributed by atoms with van der Waals surface area (Å²) in [6.07, 6.45) is 0. The van der Waals surface area contributed by atoms with Gasteiger partial charge in [0, 0.05) is 24.2 Å². The number of thiophene rings is 1. The molecule has 1 unspecified atom stereocenters. The highest BCUT2D eigenvalue weighted by Gasteiger charge is 2.33. The first kappa shape index (κ1) is 21.4. The molecule has 2 aromatic rings. The lowest BCUT2D eigenvalue weighted by Crippen LogP contribution is -2.42. The summed E-state index contributed by atoms with van der Waals surface area (Å²) in [4.78, 5) is 24.4. The van der Waals surface area contributed by atoms with Crippen molar-refractivity contribution in [2.24, 2.45) is 5.73 Å². The molecule has 0 saturated carbocycles. The molecule has 2 amide bonds. The van der Waals surface area contributed by atoms with Gasteiger partial charge in [0.2, 0.25) is 9.84 Å². The van der Waals surface area contributed by atoms with E-state index in [0.29, 0.717) is 6.54 Å². The molecule has 3 heterocycles. The minimum atomic E-state index is -3.86. The van der Waals surface area contributed by atoms with E-state index in [1.807, 2.05) is 20.8 Å². The maximum Gasteiger partial charge on any atom is 0.276 e. The maximum atomic E-state index is 12.8. The zero-order valence-corrected chi connectivity index (χ0v) is 17.9. The number of carbonyl (C=O) groups excluding carboxylic acids is 2. The lowest BCUT2D eigenvalue weighted by molar-refractivity contribution is 0.0786. The summed E-state index contributed by atoms with van der Waals surface area (Å²) in [5, 5.41) is 12.3. The molecule has 1 aliphatic heterocycles. The van der Waals surface area contributed by atoms with Gasteiger partial charge in [0.15, 0.2) is 11.1 Å². The molecule has 0 aromatic carbocycles. The van der Waals surface area contributed by atoms with Gasteiger partial charge in [-0.25, -0.2) is 8.42 Å². The molecular formula is C17H23N5O5S2. The van der Waals surface area contributed by atoms with Crippen molar-refractivity contribution in [2.75, 3.05) is 25.0 Å². The number of rotatable bonds is 5. The van der Waals surface area contributed by atoms with Gasteiger partial charge in [-0.3, -0.25) is 14.7 Å². The molecule has 0 aliphatic carbocycles. The van der Waals surface area contributed by atoms with Crippen molar-refractivity contribution >= 4 is 38.0 Å². The zero-order chi connectivity index (χ0) is 21.4. The molecule has 1 saturated heterocycles. The Morgan fingerprint density at radius 1 is 1.34 bits per heavy atom. The summed E-state index contributed by atoms with van der Waals surface area (Å²) in [6, 6.07) is 2.77. The normalized spacial score (nSPS) is 17.8. The second-order valence-electron chi connectivity index (χ2n) is 7.59. The molecule has 1 atom stereocenters. The first-order chi connectivity index (χ1) is 13.5. The SMILES string of the molecule is CC(C)(C)c1cc(C(=O)Nc2sc(S(=O)(=O)C3CNCCO3)cc2C(N)=O)n[nH]1. The number of carbonyl (C=O) groups is 2. The van der Waals surface area contributed by atoms with Crippen molar-refractivity contribution in [3.63, 3.8) is 0 Å². The number of aromatic nitrogens is 2. The van der Waals surface area contributed by atoms with Crippen LogP contribution in [0.5, 0.6) is 0 Å². The van der Waals surface area contributed by atoms with Crippen LogP contribution >= 0.6 is 11.3 Å². The fourth-order valence-electron chi connectivity index (χ4n) is 2.64. The van der Waals surface area contributed by atoms with Gasteiger partial charge < -0.3 is 21.1 Å². The number of hydrogen-bond acceptors (Lipinski definition) is 8. The van der Waals surface area contributed by atoms with E-state index >= 15 is 0 Å². The second kappa shape index (κ2) is 7.86. The third-order valence-corrected chi connectivity index (χ3v) is 7.81. The monoisotopic (exact) mass is 441 g/mol. The van der Waals surface area contributed by atoms with Crippen LogP contribution in [0, 0.1) is 0 Å². The zero-order valence-electron chi connectivity index (χ0n) is 16.2. The number of nitrogens with one attached hydrogen (secondary N) is 3. The van der Waals surface area contributed by atoms with E-state index in [-0.39, 0.29) is 39.0 Å². The Labute approximate surface area is 172 Å². The Morgan fingerprint density at radius 3 is 2.62 bits per heavy atom. The van der Waals surface area contributed by atoms with Gasteiger partial charge in [0.1, 0.15) is 9.21 Å². The van der Waals surface area contributed by atoms with E-state index < -0.39 is 27.1 Å². The third-order valence-electron chi connectivity index (χ3n) is 4.34. The molecule has 0 radical (unpaired) electrons. The van der Waals surface area contributed by atoms with E-state index in [2.05, 4.69) is 20.8 Å². The Kier molecular flexibility index (Phi) is 5.81. The number of aromatic amines is 1. The van der Waals surface area contributed by atoms with Gasteiger partial charge in [-0.05, 0) is 12.1 Å². The number of ether oxygens (including phenoxy) is 1. The number of nitrogens with two attached hydrogens (primary N) is 1. The highest BCUT2D eigenvalue weighted by molar-refractivity contribution is 7.94. The number of nitrogens with zero attached hydrogens (tertiary/aromatic N) is 1. The molecule has 158 valence electrons. The number of H-pyrrole nitrogens is 1. The summed E-state index contributed by atoms with van der Waals surface area (Å²) in [6.45, 7) is 6.85. The number of amides is 2. The van der Waals surface area contributed by atoms with Crippen molar-refractivity contribution < 1.29 is 22.7 Å². The van der Waals surface area contributed by atoms with E-state index in [1.54, 1.807) is 6.07 Å². The van der Waals surface area contributed by atoms with Crippen LogP contribution in [0.3, 0.4) is 0 Å². The van der Waals surface area contributed by atoms with Crippen LogP contribution < -0.4 is 16.4 Å². The van der Waals surface area contributed by atoms with Gasteiger partial charge in [0.25, 0.3) is 11.8 Å². The largest absolute Gasteiger partial charge is 0.366 e. The van der Waals surface area contributed by atoms with E-state index in [4.69, 9.17) is 10.5 Å². The van der Waals surface area contributed by atoms with Crippen LogP contribution in [0.4, 0.5) is 5.00 Å². The van der Waals surface area contributed by atoms with E-state index in [1.165, 1.54) is 6.07 Å². The van der Waals surface area contributed by atoms with Gasteiger partial charge in [0.05, 0.1) is 12.2 Å². The summed E-state index contributed by atoms with van der Waals surface area (Å²) in [7, 11) is -3.86. The molecule has 10 nitrogen and oxygen atoms in total. The summed E-state index contributed by atoms with van der Waals surface area (Å²) in [5.41, 5.74) is 4.86. The minimum absolute atomic E-state index is 0.0464. The summed E-state index contributed by atoms with van der Waals surface area (Å²) >= 11 is 0.757. The molecule has 0 bridgehead atoms. The Hall–Kier alpha value is -2.28. The lowest BCUT2D eigenvalue weighted by Gasteiger charge is -2.22. The molecule has 1 aliphatic rings. The maximum absolute atomic E-state index is 12.8. The van der Waals surface area contributed by atoms with Gasteiger partial charge in [-0.2, -0.15) is 5.10 Å². The number of primary amides is 1. The van der Waals surface area contributed by atoms with Gasteiger partial charge in [-0.1, -0.05) is 20.8 Å². The molecular weight excluding hydrogens is 418 g/mol. The molecule has 0 spiro atoms. The van der Waals surface area contributed by atoms with E-state index in [0.717, 1.165) is 17.0 Å². The van der Waals surface area contributed by atoms with Crippen molar-refractivity contribution in [2.45, 2.75) is 35.8 Å². The van der Waals surface area contributed by atoms with Crippen molar-refractivity contribution in [1.82, 2.24) is 15.5 Å². The molecule has 1 fully saturated rings. The fourth-order valence-corrected chi connectivity index (χ4v) is 5.63. The van der Waals surface area contributed by atoms with Crippen LogP contribution in [0.2, 0.25) is 0 Å². The smallest absolute Gasteiger partial charge is 0.276 e. The molecule has 2 aromatic heterocycles. The van der Waals surface area contributed by atoms with Crippen LogP contribution in [-0.4, -0.2) is 55.6 Å². The average molecular weight is 442 g/mol. The predicted octanol–water partition coefficient (Wildman–Crippen LogP) is 0.840. The summed E-state index contributed by atoms with van der Waals surface area (Å²) < 4.78 is 30.8. The van der Waals surface area contributed by atoms with Crippen LogP contribution in [-0.2, 0) is 20.0 Å². The van der Waals surface area contributed by atoms with Crippen LogP contribution in [0.25, 0.3) is 0 Å². The minimum Gasteiger partial charge on any atom is -0.366 e. The van der Waals surface area contributed by atoms with Gasteiger partial charge in [-0.15, -0.1) is 11.3 Å². The topological polar surface area (TPSA) is 156 Å². The Balaban J connectivity index is 1.88. The first-order valence-corrected chi connectivity index (χ1v) is 11.2. The van der Waals surface area contributed by atoms with Gasteiger partial charge >= 0.3 is 0 Å². The Bertz CT molecular complexity index is 1030. The number of hydrogen-bond donors (Lipinski definition) is 4. The number of sulfone groups is 1. The van der Waals surface area contributed by atoms with Crippen molar-refractivity contribution in [3.8, 4) is 0 Å². The van der Waals surface area contributed by atoms with E-state index in [9.17, 15) is 18.0 Å². The molecule has 3 rings (SSSR count). The van der Waals surface area contributed by atoms with Crippen LogP contribution in [0.15, 0.2) is 16.3 Å². The number of anilines is 1. The van der Waals surface area contributed by atoms with Crippen molar-refractivity contribution in [3.05, 3.63) is 29.1 Å². The van der Waals surface area contributed by atoms with Crippen LogP contribution in [0.1, 0.15) is 47.3 Å². The highest BCUT2D eigenvalue weighted by Crippen LogP contribution is 2.34. The fraction of sp³-hybridized carbons (Fsp3) is 0.471. The predicted molar refractivity (Wildman–Crippen MR) is 108 cm³/mol. The standard InChI is InChI=1S/C17H23N5O5S2/c1-17(2,3)11-7-10(21-22-11)15(24)20-16-9(14(18)23)6-13(28-16)29(25,26)12-8-19-4-5-27-12/h6-7,12,19H,4-5,8H2,1-3H3,(H2,18,23)(H,20,24)(H,21,22).